The van der Waals surface area contributed by atoms with Gasteiger partial charge in [-0.05, 0) is 25.0 Å². The topological polar surface area (TPSA) is 89.9 Å². The molecule has 6 nitrogen and oxygen atoms in total. The average molecular weight is 324 g/mol. The van der Waals surface area contributed by atoms with Crippen molar-refractivity contribution in [3.63, 3.8) is 0 Å². The molecule has 1 heterocycles. The van der Waals surface area contributed by atoms with Crippen molar-refractivity contribution in [1.29, 1.82) is 0 Å². The van der Waals surface area contributed by atoms with E-state index >= 15 is 0 Å². The normalized spacial score (nSPS) is 21.1. The fourth-order valence-electron chi connectivity index (χ4n) is 2.81. The largest absolute Gasteiger partial charge is 0.392 e. The third kappa shape index (κ3) is 4.05. The van der Waals surface area contributed by atoms with E-state index in [4.69, 9.17) is 5.11 Å². The van der Waals surface area contributed by atoms with Gasteiger partial charge in [-0.3, -0.25) is 9.59 Å². The second kappa shape index (κ2) is 7.06. The van der Waals surface area contributed by atoms with Gasteiger partial charge in [-0.15, -0.1) is 0 Å². The molecule has 1 aliphatic rings. The van der Waals surface area contributed by atoms with Gasteiger partial charge in [0.05, 0.1) is 25.2 Å². The predicted octanol–water partition coefficient (Wildman–Crippen LogP) is 0.421. The van der Waals surface area contributed by atoms with Crippen molar-refractivity contribution in [2.24, 2.45) is 0 Å². The SMILES string of the molecule is CNC(=O)CC1(O)CCCN(C(=O)c2ccc(CO)c(F)c2)C1. The Morgan fingerprint density at radius 3 is 2.78 bits per heavy atom. The summed E-state index contributed by atoms with van der Waals surface area (Å²) in [6.07, 6.45) is 0.920. The molecule has 2 rings (SSSR count). The number of aliphatic hydroxyl groups is 2. The first kappa shape index (κ1) is 17.4. The molecule has 0 bridgehead atoms. The van der Waals surface area contributed by atoms with Gasteiger partial charge >= 0.3 is 0 Å². The molecular weight excluding hydrogens is 303 g/mol. The minimum Gasteiger partial charge on any atom is -0.392 e. The minimum atomic E-state index is -1.27. The zero-order valence-corrected chi connectivity index (χ0v) is 13.0. The van der Waals surface area contributed by atoms with E-state index < -0.39 is 23.9 Å². The van der Waals surface area contributed by atoms with E-state index in [1.54, 1.807) is 0 Å². The zero-order chi connectivity index (χ0) is 17.0. The van der Waals surface area contributed by atoms with E-state index in [1.165, 1.54) is 24.1 Å². The maximum Gasteiger partial charge on any atom is 0.254 e. The van der Waals surface area contributed by atoms with Crippen LogP contribution < -0.4 is 5.32 Å². The van der Waals surface area contributed by atoms with E-state index in [9.17, 15) is 19.1 Å². The van der Waals surface area contributed by atoms with Crippen molar-refractivity contribution in [1.82, 2.24) is 10.2 Å². The number of piperidine rings is 1. The second-order valence-electron chi connectivity index (χ2n) is 5.87. The number of amides is 2. The number of likely N-dealkylation sites (tertiary alicyclic amines) is 1. The molecule has 1 fully saturated rings. The molecule has 126 valence electrons. The third-order valence-corrected chi connectivity index (χ3v) is 4.08. The summed E-state index contributed by atoms with van der Waals surface area (Å²) < 4.78 is 13.7. The Labute approximate surface area is 133 Å². The number of nitrogens with one attached hydrogen (secondary N) is 1. The smallest absolute Gasteiger partial charge is 0.254 e. The summed E-state index contributed by atoms with van der Waals surface area (Å²) in [5, 5.41) is 21.9. The maximum absolute atomic E-state index is 13.7. The summed E-state index contributed by atoms with van der Waals surface area (Å²) in [6.45, 7) is 0.0385. The summed E-state index contributed by atoms with van der Waals surface area (Å²) in [7, 11) is 1.49. The highest BCUT2D eigenvalue weighted by Gasteiger charge is 2.37. The van der Waals surface area contributed by atoms with Crippen molar-refractivity contribution >= 4 is 11.8 Å². The van der Waals surface area contributed by atoms with Crippen LogP contribution >= 0.6 is 0 Å². The van der Waals surface area contributed by atoms with Crippen molar-refractivity contribution in [2.45, 2.75) is 31.5 Å². The Morgan fingerprint density at radius 1 is 1.43 bits per heavy atom. The van der Waals surface area contributed by atoms with Gasteiger partial charge in [-0.2, -0.15) is 0 Å². The molecule has 1 saturated heterocycles. The predicted molar refractivity (Wildman–Crippen MR) is 81.1 cm³/mol. The van der Waals surface area contributed by atoms with Crippen molar-refractivity contribution in [3.05, 3.63) is 35.1 Å². The van der Waals surface area contributed by atoms with Crippen LogP contribution in [-0.2, 0) is 11.4 Å². The zero-order valence-electron chi connectivity index (χ0n) is 13.0. The number of aliphatic hydroxyl groups excluding tert-OH is 1. The van der Waals surface area contributed by atoms with Crippen LogP contribution in [0.25, 0.3) is 0 Å². The lowest BCUT2D eigenvalue weighted by Gasteiger charge is -2.38. The monoisotopic (exact) mass is 324 g/mol. The fourth-order valence-corrected chi connectivity index (χ4v) is 2.81. The fraction of sp³-hybridized carbons (Fsp3) is 0.500. The number of carbonyl (C=O) groups excluding carboxylic acids is 2. The summed E-state index contributed by atoms with van der Waals surface area (Å²) in [5.41, 5.74) is -0.988. The molecule has 23 heavy (non-hydrogen) atoms. The van der Waals surface area contributed by atoms with Gasteiger partial charge in [0.25, 0.3) is 5.91 Å². The lowest BCUT2D eigenvalue weighted by atomic mass is 9.89. The van der Waals surface area contributed by atoms with E-state index in [2.05, 4.69) is 5.32 Å². The van der Waals surface area contributed by atoms with Gasteiger partial charge in [0.2, 0.25) is 5.91 Å². The third-order valence-electron chi connectivity index (χ3n) is 4.08. The summed E-state index contributed by atoms with van der Waals surface area (Å²) >= 11 is 0. The Hall–Kier alpha value is -1.99. The average Bonchev–Trinajstić information content (AvgIpc) is 2.53. The van der Waals surface area contributed by atoms with Crippen LogP contribution in [0.15, 0.2) is 18.2 Å². The van der Waals surface area contributed by atoms with Gasteiger partial charge in [0.1, 0.15) is 5.82 Å². The number of carbonyl (C=O) groups is 2. The lowest BCUT2D eigenvalue weighted by molar-refractivity contribution is -0.127. The number of β-amino-alcohol motifs (C(OH)–C–C–N with tert-alkyl or cyclic N) is 1. The molecule has 0 aromatic heterocycles. The van der Waals surface area contributed by atoms with E-state index in [0.29, 0.717) is 19.4 Å². The van der Waals surface area contributed by atoms with Crippen molar-refractivity contribution < 1.29 is 24.2 Å². The first-order valence-corrected chi connectivity index (χ1v) is 7.50. The molecule has 0 saturated carbocycles. The van der Waals surface area contributed by atoms with Crippen molar-refractivity contribution in [2.75, 3.05) is 20.1 Å². The van der Waals surface area contributed by atoms with Crippen LogP contribution in [-0.4, -0.2) is 52.7 Å². The molecule has 1 aliphatic heterocycles. The molecule has 1 aromatic carbocycles. The molecule has 2 amide bonds. The number of nitrogens with zero attached hydrogens (tertiary/aromatic N) is 1. The molecule has 3 N–H and O–H groups in total. The van der Waals surface area contributed by atoms with Crippen LogP contribution in [0.2, 0.25) is 0 Å². The minimum absolute atomic E-state index is 0.0304. The Bertz CT molecular complexity index is 608. The van der Waals surface area contributed by atoms with Gasteiger partial charge in [-0.1, -0.05) is 6.07 Å². The molecule has 1 unspecified atom stereocenters. The molecule has 0 spiro atoms. The number of halogens is 1. The summed E-state index contributed by atoms with van der Waals surface area (Å²) in [5.74, 6) is -1.33. The van der Waals surface area contributed by atoms with Gasteiger partial charge in [0, 0.05) is 24.7 Å². The highest BCUT2D eigenvalue weighted by molar-refractivity contribution is 5.94. The van der Waals surface area contributed by atoms with Crippen LogP contribution in [0, 0.1) is 5.82 Å². The van der Waals surface area contributed by atoms with Crippen LogP contribution in [0.3, 0.4) is 0 Å². The molecule has 1 aromatic rings. The first-order valence-electron chi connectivity index (χ1n) is 7.50. The lowest BCUT2D eigenvalue weighted by Crippen LogP contribution is -2.52. The summed E-state index contributed by atoms with van der Waals surface area (Å²) in [4.78, 5) is 25.4. The number of hydrogen-bond donors (Lipinski definition) is 3. The van der Waals surface area contributed by atoms with Gasteiger partial charge < -0.3 is 20.4 Å². The molecule has 1 atom stereocenters. The summed E-state index contributed by atoms with van der Waals surface area (Å²) in [6, 6.07) is 3.90. The quantitative estimate of drug-likeness (QED) is 0.749. The Morgan fingerprint density at radius 2 is 2.17 bits per heavy atom. The van der Waals surface area contributed by atoms with E-state index in [0.717, 1.165) is 6.07 Å². The number of benzene rings is 1. The van der Waals surface area contributed by atoms with Gasteiger partial charge in [-0.25, -0.2) is 4.39 Å². The standard InChI is InChI=1S/C16H21FN2O4/c1-18-14(21)8-16(23)5-2-6-19(10-16)15(22)11-3-4-12(9-20)13(17)7-11/h3-4,7,20,23H,2,5-6,8-10H2,1H3,(H,18,21). The Kier molecular flexibility index (Phi) is 5.33. The van der Waals surface area contributed by atoms with Gasteiger partial charge in [0.15, 0.2) is 0 Å². The molecule has 7 heteroatoms. The molecule has 0 aliphatic carbocycles. The van der Waals surface area contributed by atoms with Crippen molar-refractivity contribution in [3.8, 4) is 0 Å². The second-order valence-corrected chi connectivity index (χ2v) is 5.87. The van der Waals surface area contributed by atoms with E-state index in [-0.39, 0.29) is 30.0 Å². The van der Waals surface area contributed by atoms with Crippen LogP contribution in [0.5, 0.6) is 0 Å². The maximum atomic E-state index is 13.7. The van der Waals surface area contributed by atoms with E-state index in [1.807, 2.05) is 0 Å². The molecule has 0 radical (unpaired) electrons. The van der Waals surface area contributed by atoms with Crippen LogP contribution in [0.4, 0.5) is 4.39 Å². The number of hydrogen-bond acceptors (Lipinski definition) is 4. The van der Waals surface area contributed by atoms with Crippen LogP contribution in [0.1, 0.15) is 35.2 Å². The highest BCUT2D eigenvalue weighted by Crippen LogP contribution is 2.26. The highest BCUT2D eigenvalue weighted by atomic mass is 19.1. The first-order chi connectivity index (χ1) is 10.9. The Balaban J connectivity index is 2.13. The number of rotatable bonds is 4. The molecular formula is C16H21FN2O4.